The van der Waals surface area contributed by atoms with E-state index in [1.54, 1.807) is 16.2 Å². The maximum absolute atomic E-state index is 11.9. The second kappa shape index (κ2) is 12.7. The first-order valence-electron chi connectivity index (χ1n) is 6.96. The standard InChI is InChI=1S/C13H21N5O2S.3ClH/c1-10-16-11(9-21-10)8-17-2-4-18(5-3-17)13(20)7-15-12(19)6-14;;;/h9H,2-8,14H2,1H3,(H,15,19);3*1H. The monoisotopic (exact) mass is 419 g/mol. The summed E-state index contributed by atoms with van der Waals surface area (Å²) in [6.45, 7) is 5.79. The van der Waals surface area contributed by atoms with Gasteiger partial charge in [0.1, 0.15) is 0 Å². The molecule has 1 saturated heterocycles. The van der Waals surface area contributed by atoms with Crippen molar-refractivity contribution in [3.63, 3.8) is 0 Å². The van der Waals surface area contributed by atoms with Crippen LogP contribution in [-0.4, -0.2) is 65.9 Å². The van der Waals surface area contributed by atoms with Crippen LogP contribution in [-0.2, 0) is 16.1 Å². The molecular formula is C13H24Cl3N5O2S. The second-order valence-electron chi connectivity index (χ2n) is 5.00. The van der Waals surface area contributed by atoms with Gasteiger partial charge in [0.05, 0.1) is 23.8 Å². The van der Waals surface area contributed by atoms with E-state index in [0.29, 0.717) is 13.1 Å². The van der Waals surface area contributed by atoms with Crippen molar-refractivity contribution < 1.29 is 9.59 Å². The van der Waals surface area contributed by atoms with Crippen molar-refractivity contribution in [3.05, 3.63) is 16.1 Å². The van der Waals surface area contributed by atoms with E-state index in [-0.39, 0.29) is 62.1 Å². The molecule has 0 radical (unpaired) electrons. The van der Waals surface area contributed by atoms with E-state index in [0.717, 1.165) is 30.3 Å². The van der Waals surface area contributed by atoms with Crippen LogP contribution in [0, 0.1) is 6.92 Å². The van der Waals surface area contributed by atoms with E-state index in [1.165, 1.54) is 0 Å². The molecular weight excluding hydrogens is 397 g/mol. The molecule has 0 unspecified atom stereocenters. The largest absolute Gasteiger partial charge is 0.346 e. The lowest BCUT2D eigenvalue weighted by atomic mass is 10.3. The van der Waals surface area contributed by atoms with E-state index >= 15 is 0 Å². The van der Waals surface area contributed by atoms with Crippen LogP contribution < -0.4 is 11.1 Å². The Morgan fingerprint density at radius 2 is 1.88 bits per heavy atom. The predicted molar refractivity (Wildman–Crippen MR) is 103 cm³/mol. The Kier molecular flexibility index (Phi) is 13.5. The van der Waals surface area contributed by atoms with Gasteiger partial charge >= 0.3 is 0 Å². The van der Waals surface area contributed by atoms with Crippen molar-refractivity contribution in [3.8, 4) is 0 Å². The number of hydrogen-bond acceptors (Lipinski definition) is 6. The molecule has 0 aromatic carbocycles. The molecule has 0 atom stereocenters. The Hall–Kier alpha value is -0.640. The van der Waals surface area contributed by atoms with Gasteiger partial charge in [-0.1, -0.05) is 0 Å². The summed E-state index contributed by atoms with van der Waals surface area (Å²) in [5.41, 5.74) is 6.27. The smallest absolute Gasteiger partial charge is 0.242 e. The topological polar surface area (TPSA) is 91.6 Å². The molecule has 0 spiro atoms. The third kappa shape index (κ3) is 7.96. The molecule has 0 saturated carbocycles. The number of carbonyl (C=O) groups is 2. The summed E-state index contributed by atoms with van der Waals surface area (Å²) in [7, 11) is 0. The molecule has 2 amide bonds. The second-order valence-corrected chi connectivity index (χ2v) is 6.06. The molecule has 2 heterocycles. The van der Waals surface area contributed by atoms with Gasteiger partial charge in [-0.05, 0) is 6.92 Å². The molecule has 1 aliphatic rings. The summed E-state index contributed by atoms with van der Waals surface area (Å²) in [6.07, 6.45) is 0. The van der Waals surface area contributed by atoms with E-state index in [2.05, 4.69) is 20.6 Å². The molecule has 1 aromatic heterocycles. The number of rotatable bonds is 5. The molecule has 1 aliphatic heterocycles. The molecule has 7 nitrogen and oxygen atoms in total. The van der Waals surface area contributed by atoms with Crippen molar-refractivity contribution in [2.24, 2.45) is 5.73 Å². The summed E-state index contributed by atoms with van der Waals surface area (Å²) in [5.74, 6) is -0.359. The van der Waals surface area contributed by atoms with Gasteiger partial charge in [-0.15, -0.1) is 48.6 Å². The number of halogens is 3. The Labute approximate surface area is 164 Å². The molecule has 2 rings (SSSR count). The maximum atomic E-state index is 11.9. The first-order valence-corrected chi connectivity index (χ1v) is 7.84. The molecule has 0 aliphatic carbocycles. The molecule has 24 heavy (non-hydrogen) atoms. The first-order chi connectivity index (χ1) is 10.1. The number of hydrogen-bond donors (Lipinski definition) is 2. The third-order valence-corrected chi connectivity index (χ3v) is 4.22. The molecule has 1 aromatic rings. The SMILES string of the molecule is Cc1nc(CN2CCN(C(=O)CNC(=O)CN)CC2)cs1.Cl.Cl.Cl. The number of aromatic nitrogens is 1. The average molecular weight is 421 g/mol. The van der Waals surface area contributed by atoms with Gasteiger partial charge in [-0.3, -0.25) is 14.5 Å². The number of amides is 2. The number of carbonyl (C=O) groups excluding carboxylic acids is 2. The molecule has 0 bridgehead atoms. The quantitative estimate of drug-likeness (QED) is 0.721. The number of nitrogens with one attached hydrogen (secondary N) is 1. The van der Waals surface area contributed by atoms with E-state index in [1.807, 2.05) is 6.92 Å². The van der Waals surface area contributed by atoms with Crippen LogP contribution in [0.1, 0.15) is 10.7 Å². The van der Waals surface area contributed by atoms with Crippen molar-refractivity contribution >= 4 is 60.4 Å². The fourth-order valence-electron chi connectivity index (χ4n) is 2.22. The lowest BCUT2D eigenvalue weighted by Gasteiger charge is -2.34. The van der Waals surface area contributed by atoms with Crippen LogP contribution in [0.15, 0.2) is 5.38 Å². The van der Waals surface area contributed by atoms with Crippen molar-refractivity contribution in [1.29, 1.82) is 0 Å². The van der Waals surface area contributed by atoms with Crippen LogP contribution in [0.25, 0.3) is 0 Å². The number of thiazole rings is 1. The van der Waals surface area contributed by atoms with E-state index < -0.39 is 0 Å². The zero-order chi connectivity index (χ0) is 15.2. The van der Waals surface area contributed by atoms with Gasteiger partial charge in [0, 0.05) is 38.1 Å². The van der Waals surface area contributed by atoms with Crippen LogP contribution in [0.2, 0.25) is 0 Å². The number of piperazine rings is 1. The highest BCUT2D eigenvalue weighted by atomic mass is 35.5. The average Bonchev–Trinajstić information content (AvgIpc) is 2.90. The minimum Gasteiger partial charge on any atom is -0.346 e. The van der Waals surface area contributed by atoms with Gasteiger partial charge in [0.2, 0.25) is 11.8 Å². The fraction of sp³-hybridized carbons (Fsp3) is 0.615. The van der Waals surface area contributed by atoms with E-state index in [4.69, 9.17) is 5.73 Å². The molecule has 1 fully saturated rings. The number of nitrogens with two attached hydrogens (primary N) is 1. The lowest BCUT2D eigenvalue weighted by Crippen LogP contribution is -2.51. The van der Waals surface area contributed by atoms with Gasteiger partial charge < -0.3 is 16.0 Å². The van der Waals surface area contributed by atoms with Crippen molar-refractivity contribution in [2.75, 3.05) is 39.3 Å². The predicted octanol–water partition coefficient (Wildman–Crippen LogP) is 0.436. The highest BCUT2D eigenvalue weighted by Crippen LogP contribution is 2.12. The van der Waals surface area contributed by atoms with Crippen LogP contribution in [0.3, 0.4) is 0 Å². The fourth-order valence-corrected chi connectivity index (χ4v) is 2.83. The third-order valence-electron chi connectivity index (χ3n) is 3.40. The zero-order valence-electron chi connectivity index (χ0n) is 13.4. The summed E-state index contributed by atoms with van der Waals surface area (Å²) < 4.78 is 0. The Balaban J connectivity index is 0. The highest BCUT2D eigenvalue weighted by Gasteiger charge is 2.21. The molecule has 11 heteroatoms. The van der Waals surface area contributed by atoms with Crippen molar-refractivity contribution in [1.82, 2.24) is 20.1 Å². The Morgan fingerprint density at radius 1 is 1.25 bits per heavy atom. The summed E-state index contributed by atoms with van der Waals surface area (Å²) in [4.78, 5) is 31.5. The van der Waals surface area contributed by atoms with E-state index in [9.17, 15) is 9.59 Å². The maximum Gasteiger partial charge on any atom is 0.242 e. The minimum absolute atomic E-state index is 0. The zero-order valence-corrected chi connectivity index (χ0v) is 16.7. The normalized spacial score (nSPS) is 14.0. The summed E-state index contributed by atoms with van der Waals surface area (Å²) in [6, 6.07) is 0. The van der Waals surface area contributed by atoms with Crippen molar-refractivity contribution in [2.45, 2.75) is 13.5 Å². The Morgan fingerprint density at radius 3 is 2.38 bits per heavy atom. The van der Waals surface area contributed by atoms with Gasteiger partial charge in [0.25, 0.3) is 0 Å². The van der Waals surface area contributed by atoms with Gasteiger partial charge in [0.15, 0.2) is 0 Å². The van der Waals surface area contributed by atoms with Gasteiger partial charge in [-0.25, -0.2) is 4.98 Å². The van der Waals surface area contributed by atoms with Crippen LogP contribution >= 0.6 is 48.6 Å². The molecule has 140 valence electrons. The Bertz CT molecular complexity index is 510. The highest BCUT2D eigenvalue weighted by molar-refractivity contribution is 7.09. The van der Waals surface area contributed by atoms with Gasteiger partial charge in [-0.2, -0.15) is 0 Å². The lowest BCUT2D eigenvalue weighted by molar-refractivity contribution is -0.134. The summed E-state index contributed by atoms with van der Waals surface area (Å²) >= 11 is 1.66. The number of nitrogens with zero attached hydrogens (tertiary/aromatic N) is 3. The van der Waals surface area contributed by atoms with Crippen LogP contribution in [0.5, 0.6) is 0 Å². The number of aryl methyl sites for hydroxylation is 1. The summed E-state index contributed by atoms with van der Waals surface area (Å²) in [5, 5.41) is 5.66. The molecule has 3 N–H and O–H groups in total. The minimum atomic E-state index is -0.305. The first kappa shape index (κ1) is 25.6. The van der Waals surface area contributed by atoms with Crippen LogP contribution in [0.4, 0.5) is 0 Å².